The summed E-state index contributed by atoms with van der Waals surface area (Å²) in [4.78, 5) is 26.1. The highest BCUT2D eigenvalue weighted by Gasteiger charge is 2.03. The van der Waals surface area contributed by atoms with E-state index in [9.17, 15) is 9.59 Å². The molecule has 64 valence electrons. The summed E-state index contributed by atoms with van der Waals surface area (Å²) in [6, 6.07) is 0. The zero-order chi connectivity index (χ0) is 9.14. The fourth-order valence-electron chi connectivity index (χ4n) is 0.877. The summed E-state index contributed by atoms with van der Waals surface area (Å²) in [5, 5.41) is 0. The molecule has 1 heterocycles. The first kappa shape index (κ1) is 8.32. The number of nitrogens with two attached hydrogens (primary N) is 1. The molecule has 5 heteroatoms. The fourth-order valence-corrected chi connectivity index (χ4v) is 0.877. The van der Waals surface area contributed by atoms with E-state index < -0.39 is 11.2 Å². The Morgan fingerprint density at radius 3 is 2.58 bits per heavy atom. The topological polar surface area (TPSA) is 91.7 Å². The Morgan fingerprint density at radius 1 is 1.42 bits per heavy atom. The van der Waals surface area contributed by atoms with Crippen molar-refractivity contribution in [3.8, 4) is 0 Å². The van der Waals surface area contributed by atoms with E-state index in [-0.39, 0.29) is 5.82 Å². The molecule has 0 saturated carbocycles. The van der Waals surface area contributed by atoms with Crippen molar-refractivity contribution in [2.45, 2.75) is 6.42 Å². The molecule has 1 rings (SSSR count). The van der Waals surface area contributed by atoms with Crippen molar-refractivity contribution in [2.75, 3.05) is 5.73 Å². The van der Waals surface area contributed by atoms with Gasteiger partial charge in [0.2, 0.25) is 0 Å². The van der Waals surface area contributed by atoms with Gasteiger partial charge in [-0.2, -0.15) is 0 Å². The van der Waals surface area contributed by atoms with E-state index in [1.54, 1.807) is 6.08 Å². The Balaban J connectivity index is 3.38. The zero-order valence-electron chi connectivity index (χ0n) is 6.39. The number of nitrogen functional groups attached to an aromatic ring is 1. The van der Waals surface area contributed by atoms with Crippen LogP contribution < -0.4 is 17.0 Å². The van der Waals surface area contributed by atoms with Crippen LogP contribution in [0.4, 0.5) is 5.82 Å². The number of aromatic amines is 2. The first-order valence-corrected chi connectivity index (χ1v) is 3.37. The Hall–Kier alpha value is -1.78. The molecular weight excluding hydrogens is 158 g/mol. The summed E-state index contributed by atoms with van der Waals surface area (Å²) in [6.07, 6.45) is 1.89. The van der Waals surface area contributed by atoms with Gasteiger partial charge in [-0.25, -0.2) is 4.79 Å². The minimum absolute atomic E-state index is 0.101. The molecule has 0 aliphatic carbocycles. The highest BCUT2D eigenvalue weighted by atomic mass is 16.2. The third kappa shape index (κ3) is 1.45. The molecule has 0 aliphatic rings. The number of rotatable bonds is 2. The lowest BCUT2D eigenvalue weighted by atomic mass is 10.2. The number of aromatic nitrogens is 2. The molecule has 0 saturated heterocycles. The van der Waals surface area contributed by atoms with Gasteiger partial charge in [-0.1, -0.05) is 6.08 Å². The third-order valence-corrected chi connectivity index (χ3v) is 1.42. The average Bonchev–Trinajstić information content (AvgIpc) is 1.96. The molecule has 0 aromatic carbocycles. The Bertz CT molecular complexity index is 402. The van der Waals surface area contributed by atoms with Gasteiger partial charge in [0.05, 0.1) is 5.56 Å². The summed E-state index contributed by atoms with van der Waals surface area (Å²) < 4.78 is 0. The van der Waals surface area contributed by atoms with Crippen LogP contribution in [0, 0.1) is 0 Å². The van der Waals surface area contributed by atoms with Crippen LogP contribution in [0.3, 0.4) is 0 Å². The van der Waals surface area contributed by atoms with Crippen molar-refractivity contribution in [1.82, 2.24) is 9.97 Å². The summed E-state index contributed by atoms with van der Waals surface area (Å²) in [5.41, 5.74) is 4.67. The second-order valence-corrected chi connectivity index (χ2v) is 2.29. The molecule has 0 atom stereocenters. The smallest absolute Gasteiger partial charge is 0.327 e. The van der Waals surface area contributed by atoms with Crippen LogP contribution in [0.15, 0.2) is 22.2 Å². The van der Waals surface area contributed by atoms with E-state index in [4.69, 9.17) is 5.73 Å². The summed E-state index contributed by atoms with van der Waals surface area (Å²) >= 11 is 0. The van der Waals surface area contributed by atoms with Crippen LogP contribution in [0.25, 0.3) is 0 Å². The monoisotopic (exact) mass is 167 g/mol. The van der Waals surface area contributed by atoms with Gasteiger partial charge in [0.15, 0.2) is 0 Å². The molecule has 5 nitrogen and oxygen atoms in total. The molecule has 0 spiro atoms. The highest BCUT2D eigenvalue weighted by molar-refractivity contribution is 5.37. The zero-order valence-corrected chi connectivity index (χ0v) is 6.39. The molecule has 0 fully saturated rings. The maximum absolute atomic E-state index is 11.0. The van der Waals surface area contributed by atoms with Crippen LogP contribution in [0.1, 0.15) is 5.56 Å². The standard InChI is InChI=1S/C7H9N3O2/c1-2-3-4-5(8)9-7(12)10-6(4)11/h2H,1,3H2,(H4,8,9,10,11,12). The highest BCUT2D eigenvalue weighted by Crippen LogP contribution is 1.98. The lowest BCUT2D eigenvalue weighted by molar-refractivity contribution is 0.996. The quantitative estimate of drug-likeness (QED) is 0.512. The van der Waals surface area contributed by atoms with Crippen molar-refractivity contribution < 1.29 is 0 Å². The molecule has 0 bridgehead atoms. The number of hydrogen-bond donors (Lipinski definition) is 3. The van der Waals surface area contributed by atoms with E-state index in [1.165, 1.54) is 0 Å². The third-order valence-electron chi connectivity index (χ3n) is 1.42. The summed E-state index contributed by atoms with van der Waals surface area (Å²) in [6.45, 7) is 3.46. The molecule has 4 N–H and O–H groups in total. The number of allylic oxidation sites excluding steroid dienone is 1. The molecular formula is C7H9N3O2. The lowest BCUT2D eigenvalue weighted by Gasteiger charge is -1.98. The van der Waals surface area contributed by atoms with Crippen molar-refractivity contribution in [3.05, 3.63) is 39.1 Å². The maximum Gasteiger partial charge on any atom is 0.327 e. The van der Waals surface area contributed by atoms with Gasteiger partial charge in [0, 0.05) is 0 Å². The molecule has 12 heavy (non-hydrogen) atoms. The van der Waals surface area contributed by atoms with E-state index in [0.29, 0.717) is 12.0 Å². The van der Waals surface area contributed by atoms with Gasteiger partial charge in [0.1, 0.15) is 5.82 Å². The molecule has 0 aliphatic heterocycles. The van der Waals surface area contributed by atoms with Crippen LogP contribution >= 0.6 is 0 Å². The van der Waals surface area contributed by atoms with Crippen LogP contribution in [0.2, 0.25) is 0 Å². The molecule has 0 radical (unpaired) electrons. The van der Waals surface area contributed by atoms with Gasteiger partial charge in [-0.3, -0.25) is 14.8 Å². The summed E-state index contributed by atoms with van der Waals surface area (Å²) in [7, 11) is 0. The van der Waals surface area contributed by atoms with Crippen molar-refractivity contribution in [3.63, 3.8) is 0 Å². The second-order valence-electron chi connectivity index (χ2n) is 2.29. The first-order chi connectivity index (χ1) is 5.65. The van der Waals surface area contributed by atoms with Gasteiger partial charge < -0.3 is 5.73 Å². The Morgan fingerprint density at radius 2 is 2.08 bits per heavy atom. The van der Waals surface area contributed by atoms with Gasteiger partial charge in [-0.15, -0.1) is 6.58 Å². The lowest BCUT2D eigenvalue weighted by Crippen LogP contribution is -2.27. The number of hydrogen-bond acceptors (Lipinski definition) is 3. The van der Waals surface area contributed by atoms with E-state index in [1.807, 2.05) is 0 Å². The number of H-pyrrole nitrogens is 2. The Labute approximate surface area is 67.9 Å². The van der Waals surface area contributed by atoms with Crippen molar-refractivity contribution >= 4 is 5.82 Å². The SMILES string of the molecule is C=CCc1c(N)[nH]c(=O)[nH]c1=O. The van der Waals surface area contributed by atoms with Crippen molar-refractivity contribution in [1.29, 1.82) is 0 Å². The average molecular weight is 167 g/mol. The van der Waals surface area contributed by atoms with Crippen LogP contribution in [-0.4, -0.2) is 9.97 Å². The predicted octanol–water partition coefficient (Wildman–Crippen LogP) is -0.626. The number of anilines is 1. The molecule has 0 unspecified atom stereocenters. The minimum Gasteiger partial charge on any atom is -0.385 e. The largest absolute Gasteiger partial charge is 0.385 e. The summed E-state index contributed by atoms with van der Waals surface area (Å²) in [5.74, 6) is 0.101. The van der Waals surface area contributed by atoms with Crippen LogP contribution in [0.5, 0.6) is 0 Å². The van der Waals surface area contributed by atoms with E-state index in [2.05, 4.69) is 16.5 Å². The molecule has 0 amide bonds. The Kier molecular flexibility index (Phi) is 2.14. The number of nitrogens with one attached hydrogen (secondary N) is 2. The van der Waals surface area contributed by atoms with E-state index in [0.717, 1.165) is 0 Å². The maximum atomic E-state index is 11.0. The van der Waals surface area contributed by atoms with Gasteiger partial charge >= 0.3 is 5.69 Å². The fraction of sp³-hybridized carbons (Fsp3) is 0.143. The minimum atomic E-state index is -0.592. The van der Waals surface area contributed by atoms with Crippen LogP contribution in [-0.2, 0) is 6.42 Å². The van der Waals surface area contributed by atoms with Gasteiger partial charge in [-0.05, 0) is 6.42 Å². The first-order valence-electron chi connectivity index (χ1n) is 3.37. The normalized spacial score (nSPS) is 9.67. The predicted molar refractivity (Wildman–Crippen MR) is 46.0 cm³/mol. The van der Waals surface area contributed by atoms with E-state index >= 15 is 0 Å². The molecule has 1 aromatic rings. The second kappa shape index (κ2) is 3.08. The van der Waals surface area contributed by atoms with Gasteiger partial charge in [0.25, 0.3) is 5.56 Å². The van der Waals surface area contributed by atoms with Crippen molar-refractivity contribution in [2.24, 2.45) is 0 Å². The molecule has 1 aromatic heterocycles.